The van der Waals surface area contributed by atoms with Crippen LogP contribution in [0.4, 0.5) is 0 Å². The van der Waals surface area contributed by atoms with Crippen molar-refractivity contribution in [2.24, 2.45) is 11.8 Å². The number of hydrogen-bond donors (Lipinski definition) is 1. The van der Waals surface area contributed by atoms with Gasteiger partial charge in [-0.1, -0.05) is 43.2 Å². The fourth-order valence-corrected chi connectivity index (χ4v) is 4.82. The third-order valence-electron chi connectivity index (χ3n) is 6.22. The second-order valence-corrected chi connectivity index (χ2v) is 7.36. The van der Waals surface area contributed by atoms with E-state index in [-0.39, 0.29) is 17.5 Å². The van der Waals surface area contributed by atoms with E-state index in [0.717, 1.165) is 43.6 Å². The summed E-state index contributed by atoms with van der Waals surface area (Å²) in [6, 6.07) is 10.3. The van der Waals surface area contributed by atoms with Crippen LogP contribution in [0.3, 0.4) is 0 Å². The van der Waals surface area contributed by atoms with Gasteiger partial charge in [-0.15, -0.1) is 0 Å². The number of quaternary nitrogens is 1. The van der Waals surface area contributed by atoms with Gasteiger partial charge in [-0.25, -0.2) is 0 Å². The lowest BCUT2D eigenvalue weighted by molar-refractivity contribution is -0.676. The zero-order valence-electron chi connectivity index (χ0n) is 13.2. The summed E-state index contributed by atoms with van der Waals surface area (Å²) in [6.07, 6.45) is 6.64. The molecule has 0 radical (unpaired) electrons. The predicted molar refractivity (Wildman–Crippen MR) is 84.3 cm³/mol. The molecule has 3 nitrogen and oxygen atoms in total. The second-order valence-electron chi connectivity index (χ2n) is 7.36. The van der Waals surface area contributed by atoms with Crippen molar-refractivity contribution < 1.29 is 14.8 Å². The summed E-state index contributed by atoms with van der Waals surface area (Å²) in [7, 11) is 0. The molecule has 1 saturated heterocycles. The first-order chi connectivity index (χ1) is 10.8. The van der Waals surface area contributed by atoms with Crippen LogP contribution in [0.25, 0.3) is 0 Å². The minimum atomic E-state index is -0.368. The Morgan fingerprint density at radius 2 is 1.95 bits per heavy atom. The zero-order valence-corrected chi connectivity index (χ0v) is 13.2. The lowest BCUT2D eigenvalue weighted by atomic mass is 9.67. The number of carbonyl (C=O) groups excluding carboxylic acids is 1. The van der Waals surface area contributed by atoms with E-state index in [1.807, 2.05) is 18.2 Å². The highest BCUT2D eigenvalue weighted by Gasteiger charge is 2.50. The molecule has 1 aromatic rings. The average Bonchev–Trinajstić information content (AvgIpc) is 3.04. The van der Waals surface area contributed by atoms with Gasteiger partial charge in [0.25, 0.3) is 0 Å². The molecule has 4 rings (SSSR count). The molecular formula is C19H26NO2+. The standard InChI is InChI=1S/C19H25NO2/c21-18(22-17-12-14-13-20-11-8-16(14)17)19(9-4-5-10-19)15-6-2-1-3-7-15/h1-3,6-7,14,16-17,20H,4-5,8-13H2/p+1. The van der Waals surface area contributed by atoms with Gasteiger partial charge < -0.3 is 10.1 Å². The Hall–Kier alpha value is -1.35. The molecule has 2 aliphatic carbocycles. The van der Waals surface area contributed by atoms with Crippen LogP contribution in [0.15, 0.2) is 30.3 Å². The molecule has 0 amide bonds. The highest BCUT2D eigenvalue weighted by molar-refractivity contribution is 5.83. The fourth-order valence-electron chi connectivity index (χ4n) is 4.82. The second kappa shape index (κ2) is 5.69. The molecule has 0 aromatic heterocycles. The molecule has 3 heteroatoms. The van der Waals surface area contributed by atoms with E-state index in [2.05, 4.69) is 17.4 Å². The maximum absolute atomic E-state index is 13.0. The van der Waals surface area contributed by atoms with Gasteiger partial charge in [0.15, 0.2) is 0 Å². The number of carbonyl (C=O) groups is 1. The monoisotopic (exact) mass is 300 g/mol. The van der Waals surface area contributed by atoms with Gasteiger partial charge in [-0.3, -0.25) is 4.79 Å². The van der Waals surface area contributed by atoms with Crippen LogP contribution in [0.2, 0.25) is 0 Å². The average molecular weight is 300 g/mol. The molecule has 2 N–H and O–H groups in total. The number of ether oxygens (including phenoxy) is 1. The van der Waals surface area contributed by atoms with Crippen LogP contribution in [0, 0.1) is 11.8 Å². The van der Waals surface area contributed by atoms with Gasteiger partial charge in [0.2, 0.25) is 0 Å². The molecule has 3 atom stereocenters. The largest absolute Gasteiger partial charge is 0.461 e. The van der Waals surface area contributed by atoms with E-state index < -0.39 is 0 Å². The molecule has 3 aliphatic rings. The number of esters is 1. The van der Waals surface area contributed by atoms with Crippen LogP contribution < -0.4 is 5.32 Å². The van der Waals surface area contributed by atoms with E-state index in [1.54, 1.807) is 0 Å². The molecule has 1 aliphatic heterocycles. The molecule has 1 aromatic carbocycles. The molecule has 0 spiro atoms. The molecule has 3 unspecified atom stereocenters. The number of piperidine rings is 1. The third-order valence-corrected chi connectivity index (χ3v) is 6.22. The third kappa shape index (κ3) is 2.26. The maximum atomic E-state index is 13.0. The Balaban J connectivity index is 1.50. The smallest absolute Gasteiger partial charge is 0.316 e. The van der Waals surface area contributed by atoms with Crippen LogP contribution in [-0.4, -0.2) is 25.2 Å². The molecule has 2 saturated carbocycles. The van der Waals surface area contributed by atoms with Crippen LogP contribution in [-0.2, 0) is 14.9 Å². The number of hydrogen-bond acceptors (Lipinski definition) is 2. The molecule has 1 heterocycles. The minimum Gasteiger partial charge on any atom is -0.461 e. The van der Waals surface area contributed by atoms with Gasteiger partial charge in [0.1, 0.15) is 6.10 Å². The van der Waals surface area contributed by atoms with Gasteiger partial charge in [0.05, 0.1) is 18.5 Å². The minimum absolute atomic E-state index is 0.0502. The predicted octanol–water partition coefficient (Wildman–Crippen LogP) is 2.01. The van der Waals surface area contributed by atoms with Crippen molar-refractivity contribution in [3.05, 3.63) is 35.9 Å². The van der Waals surface area contributed by atoms with Crippen molar-refractivity contribution >= 4 is 5.97 Å². The van der Waals surface area contributed by atoms with E-state index in [4.69, 9.17) is 4.74 Å². The maximum Gasteiger partial charge on any atom is 0.316 e. The Morgan fingerprint density at radius 3 is 2.68 bits per heavy atom. The summed E-state index contributed by atoms with van der Waals surface area (Å²) in [4.78, 5) is 13.0. The molecule has 118 valence electrons. The fraction of sp³-hybridized carbons (Fsp3) is 0.632. The first kappa shape index (κ1) is 14.3. The number of rotatable bonds is 3. The summed E-state index contributed by atoms with van der Waals surface area (Å²) in [5.41, 5.74) is 0.790. The SMILES string of the molecule is O=C(OC1CC2C[NH2+]CCC21)C1(c2ccccc2)CCCC1. The summed E-state index contributed by atoms with van der Waals surface area (Å²) >= 11 is 0. The number of fused-ring (bicyclic) bond motifs is 1. The Bertz CT molecular complexity index is 536. The Labute approximate surface area is 132 Å². The van der Waals surface area contributed by atoms with Crippen molar-refractivity contribution in [1.29, 1.82) is 0 Å². The Morgan fingerprint density at radius 1 is 1.18 bits per heavy atom. The zero-order chi connectivity index (χ0) is 15.0. The highest BCUT2D eigenvalue weighted by Crippen LogP contribution is 2.45. The van der Waals surface area contributed by atoms with E-state index in [9.17, 15) is 4.79 Å². The van der Waals surface area contributed by atoms with Gasteiger partial charge in [-0.05, 0) is 24.8 Å². The summed E-state index contributed by atoms with van der Waals surface area (Å²) < 4.78 is 6.04. The van der Waals surface area contributed by atoms with Crippen molar-refractivity contribution in [1.82, 2.24) is 0 Å². The van der Waals surface area contributed by atoms with Gasteiger partial charge >= 0.3 is 5.97 Å². The van der Waals surface area contributed by atoms with E-state index in [1.165, 1.54) is 19.5 Å². The van der Waals surface area contributed by atoms with Crippen LogP contribution >= 0.6 is 0 Å². The molecular weight excluding hydrogens is 274 g/mol. The summed E-state index contributed by atoms with van der Waals surface area (Å²) in [6.45, 7) is 2.42. The van der Waals surface area contributed by atoms with Gasteiger partial charge in [0, 0.05) is 18.3 Å². The van der Waals surface area contributed by atoms with Crippen molar-refractivity contribution in [2.75, 3.05) is 13.1 Å². The van der Waals surface area contributed by atoms with Crippen molar-refractivity contribution in [2.45, 2.75) is 50.0 Å². The molecule has 0 bridgehead atoms. The summed E-state index contributed by atoms with van der Waals surface area (Å²) in [5.74, 6) is 1.46. The lowest BCUT2D eigenvalue weighted by Gasteiger charge is -2.46. The van der Waals surface area contributed by atoms with Crippen molar-refractivity contribution in [3.63, 3.8) is 0 Å². The van der Waals surface area contributed by atoms with E-state index >= 15 is 0 Å². The highest BCUT2D eigenvalue weighted by atomic mass is 16.5. The number of benzene rings is 1. The first-order valence-electron chi connectivity index (χ1n) is 8.88. The van der Waals surface area contributed by atoms with Crippen molar-refractivity contribution in [3.8, 4) is 0 Å². The molecule has 22 heavy (non-hydrogen) atoms. The first-order valence-corrected chi connectivity index (χ1v) is 8.88. The summed E-state index contributed by atoms with van der Waals surface area (Å²) in [5, 5.41) is 2.40. The normalized spacial score (nSPS) is 32.8. The Kier molecular flexibility index (Phi) is 3.69. The van der Waals surface area contributed by atoms with E-state index in [0.29, 0.717) is 5.92 Å². The topological polar surface area (TPSA) is 42.9 Å². The van der Waals surface area contributed by atoms with Gasteiger partial charge in [-0.2, -0.15) is 0 Å². The molecule has 3 fully saturated rings. The number of nitrogens with two attached hydrogens (primary N) is 1. The van der Waals surface area contributed by atoms with Crippen LogP contribution in [0.1, 0.15) is 44.1 Å². The quantitative estimate of drug-likeness (QED) is 0.868. The lowest BCUT2D eigenvalue weighted by Crippen LogP contribution is -2.89. The van der Waals surface area contributed by atoms with Crippen LogP contribution in [0.5, 0.6) is 0 Å².